The summed E-state index contributed by atoms with van der Waals surface area (Å²) in [6.45, 7) is 4.52. The third-order valence-corrected chi connectivity index (χ3v) is 7.50. The van der Waals surface area contributed by atoms with Crippen molar-refractivity contribution in [2.45, 2.75) is 117 Å². The van der Waals surface area contributed by atoms with Crippen molar-refractivity contribution in [3.05, 3.63) is 77.9 Å². The Morgan fingerprint density at radius 1 is 0.486 bits per heavy atom. The Bertz CT molecular complexity index is 1010. The van der Waals surface area contributed by atoms with E-state index in [0.29, 0.717) is 5.56 Å². The van der Waals surface area contributed by atoms with Crippen LogP contribution in [0, 0.1) is 5.95 Å². The molecule has 0 bridgehead atoms. The Hall–Kier alpha value is -2.48. The number of halogens is 1. The van der Waals surface area contributed by atoms with Crippen LogP contribution in [0.1, 0.15) is 115 Å². The van der Waals surface area contributed by atoms with Crippen LogP contribution in [-0.2, 0) is 12.8 Å². The minimum Gasteiger partial charge on any atom is -0.224 e. The topological polar surface area (TPSA) is 12.9 Å². The van der Waals surface area contributed by atoms with Crippen LogP contribution in [-0.4, -0.2) is 4.98 Å². The van der Waals surface area contributed by atoms with E-state index < -0.39 is 0 Å². The largest absolute Gasteiger partial charge is 0.224 e. The number of hydrogen-bond donors (Lipinski definition) is 0. The van der Waals surface area contributed by atoms with Gasteiger partial charge >= 0.3 is 0 Å². The van der Waals surface area contributed by atoms with E-state index in [1.807, 2.05) is 24.3 Å². The van der Waals surface area contributed by atoms with Crippen molar-refractivity contribution >= 4 is 0 Å². The Balaban J connectivity index is 1.46. The van der Waals surface area contributed by atoms with Crippen LogP contribution >= 0.6 is 0 Å². The van der Waals surface area contributed by atoms with Crippen LogP contribution in [0.15, 0.2) is 60.7 Å². The quantitative estimate of drug-likeness (QED) is 0.125. The zero-order valence-corrected chi connectivity index (χ0v) is 23.4. The average molecular weight is 502 g/mol. The summed E-state index contributed by atoms with van der Waals surface area (Å²) in [5.74, 6) is -0.358. The smallest absolute Gasteiger partial charge is 0.220 e. The predicted octanol–water partition coefficient (Wildman–Crippen LogP) is 11.1. The zero-order valence-electron chi connectivity index (χ0n) is 23.4. The van der Waals surface area contributed by atoms with E-state index in [0.717, 1.165) is 36.1 Å². The summed E-state index contributed by atoms with van der Waals surface area (Å²) in [5.41, 5.74) is 6.11. The number of rotatable bonds is 18. The highest BCUT2D eigenvalue weighted by molar-refractivity contribution is 5.70. The maximum Gasteiger partial charge on any atom is 0.220 e. The molecule has 0 amide bonds. The lowest BCUT2D eigenvalue weighted by Crippen LogP contribution is -1.96. The van der Waals surface area contributed by atoms with Crippen molar-refractivity contribution < 1.29 is 4.39 Å². The number of nitrogens with zero attached hydrogens (tertiary/aromatic N) is 1. The van der Waals surface area contributed by atoms with Gasteiger partial charge in [-0.1, -0.05) is 139 Å². The highest BCUT2D eigenvalue weighted by Gasteiger charge is 2.09. The van der Waals surface area contributed by atoms with Gasteiger partial charge in [0.2, 0.25) is 5.95 Å². The number of benzene rings is 2. The SMILES string of the molecule is CCCCCCCCCCc1ccc(-c2ccc(-c3ccc(CCCCCCCC)cc3)cc2)c(F)n1. The molecule has 0 N–H and O–H groups in total. The summed E-state index contributed by atoms with van der Waals surface area (Å²) in [6.07, 6.45) is 20.3. The molecule has 2 aromatic carbocycles. The van der Waals surface area contributed by atoms with Gasteiger partial charge in [-0.2, -0.15) is 4.39 Å². The van der Waals surface area contributed by atoms with Gasteiger partial charge in [0.25, 0.3) is 0 Å². The van der Waals surface area contributed by atoms with Crippen molar-refractivity contribution in [2.75, 3.05) is 0 Å². The van der Waals surface area contributed by atoms with Crippen molar-refractivity contribution in [3.8, 4) is 22.3 Å². The lowest BCUT2D eigenvalue weighted by Gasteiger charge is -2.08. The lowest BCUT2D eigenvalue weighted by atomic mass is 9.98. The molecule has 0 saturated heterocycles. The van der Waals surface area contributed by atoms with Crippen LogP contribution in [0.4, 0.5) is 4.39 Å². The standard InChI is InChI=1S/C35H48FN/c1-3-5-7-9-11-12-14-16-18-33-27-28-34(35(36)37-33)32-25-23-31(24-26-32)30-21-19-29(20-22-30)17-15-13-10-8-6-4-2/h19-28H,3-18H2,1-2H3. The minimum absolute atomic E-state index is 0.358. The molecule has 3 aromatic rings. The predicted molar refractivity (Wildman–Crippen MR) is 158 cm³/mol. The van der Waals surface area contributed by atoms with E-state index in [2.05, 4.69) is 55.2 Å². The number of aromatic nitrogens is 1. The first-order chi connectivity index (χ1) is 18.2. The van der Waals surface area contributed by atoms with Gasteiger partial charge in [-0.3, -0.25) is 0 Å². The number of unbranched alkanes of at least 4 members (excludes halogenated alkanes) is 12. The molecule has 0 atom stereocenters. The van der Waals surface area contributed by atoms with Gasteiger partial charge in [-0.05, 0) is 60.1 Å². The molecule has 3 rings (SSSR count). The molecule has 0 fully saturated rings. The van der Waals surface area contributed by atoms with Gasteiger partial charge in [0.1, 0.15) is 0 Å². The Labute approximate surface area is 225 Å². The van der Waals surface area contributed by atoms with Gasteiger partial charge in [0.15, 0.2) is 0 Å². The van der Waals surface area contributed by atoms with Gasteiger partial charge in [-0.25, -0.2) is 4.98 Å². The summed E-state index contributed by atoms with van der Waals surface area (Å²) in [6, 6.07) is 21.0. The second-order valence-electron chi connectivity index (χ2n) is 10.7. The average Bonchev–Trinajstić information content (AvgIpc) is 2.93. The monoisotopic (exact) mass is 501 g/mol. The molecule has 0 aliphatic heterocycles. The first-order valence-corrected chi connectivity index (χ1v) is 15.1. The van der Waals surface area contributed by atoms with Crippen LogP contribution in [0.2, 0.25) is 0 Å². The second kappa shape index (κ2) is 17.1. The summed E-state index contributed by atoms with van der Waals surface area (Å²) in [5, 5.41) is 0. The molecule has 0 aliphatic carbocycles. The fourth-order valence-corrected chi connectivity index (χ4v) is 5.08. The van der Waals surface area contributed by atoms with Gasteiger partial charge in [0, 0.05) is 11.3 Å². The van der Waals surface area contributed by atoms with E-state index in [4.69, 9.17) is 0 Å². The maximum absolute atomic E-state index is 14.8. The minimum atomic E-state index is -0.358. The Morgan fingerprint density at radius 3 is 1.49 bits per heavy atom. The molecule has 0 aliphatic rings. The third kappa shape index (κ3) is 10.4. The van der Waals surface area contributed by atoms with Crippen LogP contribution in [0.3, 0.4) is 0 Å². The fraction of sp³-hybridized carbons (Fsp3) is 0.514. The Morgan fingerprint density at radius 2 is 0.946 bits per heavy atom. The van der Waals surface area contributed by atoms with Gasteiger partial charge in [0.05, 0.1) is 0 Å². The fourth-order valence-electron chi connectivity index (χ4n) is 5.08. The van der Waals surface area contributed by atoms with Gasteiger partial charge in [-0.15, -0.1) is 0 Å². The molecule has 0 saturated carbocycles. The van der Waals surface area contributed by atoms with Crippen LogP contribution < -0.4 is 0 Å². The molecule has 0 unspecified atom stereocenters. The highest BCUT2D eigenvalue weighted by Crippen LogP contribution is 2.27. The van der Waals surface area contributed by atoms with Crippen molar-refractivity contribution in [2.24, 2.45) is 0 Å². The summed E-state index contributed by atoms with van der Waals surface area (Å²) in [4.78, 5) is 4.28. The van der Waals surface area contributed by atoms with E-state index >= 15 is 0 Å². The highest BCUT2D eigenvalue weighted by atomic mass is 19.1. The first kappa shape index (κ1) is 29.1. The Kier molecular flexibility index (Phi) is 13.4. The van der Waals surface area contributed by atoms with Crippen LogP contribution in [0.25, 0.3) is 22.3 Å². The second-order valence-corrected chi connectivity index (χ2v) is 10.7. The molecule has 1 aromatic heterocycles. The van der Waals surface area contributed by atoms with E-state index in [-0.39, 0.29) is 5.95 Å². The molecular formula is C35H48FN. The number of aryl methyl sites for hydroxylation is 2. The maximum atomic E-state index is 14.8. The number of pyridine rings is 1. The first-order valence-electron chi connectivity index (χ1n) is 15.1. The van der Waals surface area contributed by atoms with Crippen LogP contribution in [0.5, 0.6) is 0 Å². The molecular weight excluding hydrogens is 453 g/mol. The van der Waals surface area contributed by atoms with Gasteiger partial charge < -0.3 is 0 Å². The van der Waals surface area contributed by atoms with Crippen molar-refractivity contribution in [1.82, 2.24) is 4.98 Å². The summed E-state index contributed by atoms with van der Waals surface area (Å²) in [7, 11) is 0. The molecule has 1 nitrogen and oxygen atoms in total. The molecule has 2 heteroatoms. The van der Waals surface area contributed by atoms with E-state index in [1.165, 1.54) is 94.6 Å². The summed E-state index contributed by atoms with van der Waals surface area (Å²) >= 11 is 0. The third-order valence-electron chi connectivity index (χ3n) is 7.50. The molecule has 37 heavy (non-hydrogen) atoms. The molecule has 0 radical (unpaired) electrons. The molecule has 1 heterocycles. The normalized spacial score (nSPS) is 11.2. The number of hydrogen-bond acceptors (Lipinski definition) is 1. The van der Waals surface area contributed by atoms with Crippen molar-refractivity contribution in [1.29, 1.82) is 0 Å². The molecule has 0 spiro atoms. The zero-order chi connectivity index (χ0) is 26.1. The van der Waals surface area contributed by atoms with E-state index in [1.54, 1.807) is 0 Å². The molecule has 200 valence electrons. The van der Waals surface area contributed by atoms with Crippen molar-refractivity contribution in [3.63, 3.8) is 0 Å². The lowest BCUT2D eigenvalue weighted by molar-refractivity contribution is 0.561. The van der Waals surface area contributed by atoms with E-state index in [9.17, 15) is 4.39 Å². The summed E-state index contributed by atoms with van der Waals surface area (Å²) < 4.78 is 14.8.